The molecule has 0 radical (unpaired) electrons. The fraction of sp³-hybridized carbons (Fsp3) is 0.182. The number of nitro benzene ring substituents is 2. The van der Waals surface area contributed by atoms with Crippen LogP contribution >= 0.6 is 15.9 Å². The molecular weight excluding hydrogens is 510 g/mol. The van der Waals surface area contributed by atoms with Crippen molar-refractivity contribution in [2.75, 3.05) is 10.7 Å². The van der Waals surface area contributed by atoms with Crippen LogP contribution in [0, 0.1) is 27.2 Å². The van der Waals surface area contributed by atoms with Gasteiger partial charge in [-0.2, -0.15) is 5.10 Å². The van der Waals surface area contributed by atoms with Crippen molar-refractivity contribution in [1.29, 1.82) is 0 Å². The van der Waals surface area contributed by atoms with E-state index in [0.29, 0.717) is 41.1 Å². The number of amides is 1. The van der Waals surface area contributed by atoms with Crippen LogP contribution in [-0.2, 0) is 6.42 Å². The lowest BCUT2D eigenvalue weighted by molar-refractivity contribution is -0.393. The molecule has 34 heavy (non-hydrogen) atoms. The summed E-state index contributed by atoms with van der Waals surface area (Å²) in [6.45, 7) is 1.76. The van der Waals surface area contributed by atoms with Crippen LogP contribution in [0.2, 0.25) is 0 Å². The molecule has 0 saturated heterocycles. The van der Waals surface area contributed by atoms with Crippen LogP contribution in [0.15, 0.2) is 56.5 Å². The standard InChI is InChI=1S/C22H18BrN5O6/c1-12-20-17(26-25-16-10-9-15(27(30)31)11-18(16)28(32)33)3-2-4-19(20)34-21(12)22(29)24-14-7-5-13(23)6-8-14/h5-11,25H,2-4H2,1H3,(H,24,29)/b26-17+. The number of nitrogens with one attached hydrogen (secondary N) is 2. The SMILES string of the molecule is Cc1c(C(=O)Nc2ccc(Br)cc2)oc2c1/C(=N/Nc1ccc([N+](=O)[O-])cc1[N+](=O)[O-])CCC2. The predicted molar refractivity (Wildman–Crippen MR) is 128 cm³/mol. The summed E-state index contributed by atoms with van der Waals surface area (Å²) in [5.41, 5.74) is 4.31. The molecule has 1 aromatic heterocycles. The normalized spacial score (nSPS) is 13.9. The highest BCUT2D eigenvalue weighted by molar-refractivity contribution is 9.10. The fourth-order valence-electron chi connectivity index (χ4n) is 3.72. The van der Waals surface area contributed by atoms with Crippen LogP contribution in [0.4, 0.5) is 22.7 Å². The van der Waals surface area contributed by atoms with Crippen molar-refractivity contribution >= 4 is 50.3 Å². The number of hydrogen-bond donors (Lipinski definition) is 2. The maximum absolute atomic E-state index is 12.8. The van der Waals surface area contributed by atoms with Crippen molar-refractivity contribution in [2.24, 2.45) is 5.10 Å². The second-order valence-corrected chi connectivity index (χ2v) is 8.47. The summed E-state index contributed by atoms with van der Waals surface area (Å²) in [4.78, 5) is 33.7. The smallest absolute Gasteiger partial charge is 0.301 e. The topological polar surface area (TPSA) is 153 Å². The summed E-state index contributed by atoms with van der Waals surface area (Å²) < 4.78 is 6.75. The number of nitro groups is 2. The zero-order chi connectivity index (χ0) is 24.4. The van der Waals surface area contributed by atoms with Gasteiger partial charge in [-0.3, -0.25) is 30.4 Å². The van der Waals surface area contributed by atoms with E-state index in [2.05, 4.69) is 31.8 Å². The van der Waals surface area contributed by atoms with Crippen LogP contribution in [0.3, 0.4) is 0 Å². The molecule has 2 aromatic carbocycles. The van der Waals surface area contributed by atoms with Gasteiger partial charge in [0.15, 0.2) is 5.76 Å². The Morgan fingerprint density at radius 2 is 1.82 bits per heavy atom. The second kappa shape index (κ2) is 9.43. The van der Waals surface area contributed by atoms with Crippen LogP contribution in [0.25, 0.3) is 0 Å². The Kier molecular flexibility index (Phi) is 6.41. The number of furan rings is 1. The molecule has 1 amide bonds. The van der Waals surface area contributed by atoms with Crippen molar-refractivity contribution in [3.8, 4) is 0 Å². The Morgan fingerprint density at radius 1 is 1.09 bits per heavy atom. The monoisotopic (exact) mass is 527 g/mol. The molecule has 1 aliphatic rings. The number of hydrogen-bond acceptors (Lipinski definition) is 8. The largest absolute Gasteiger partial charge is 0.455 e. The molecule has 3 aromatic rings. The third kappa shape index (κ3) is 4.66. The summed E-state index contributed by atoms with van der Waals surface area (Å²) in [5.74, 6) is 0.389. The highest BCUT2D eigenvalue weighted by Gasteiger charge is 2.28. The van der Waals surface area contributed by atoms with Gasteiger partial charge in [-0.1, -0.05) is 15.9 Å². The van der Waals surface area contributed by atoms with Gasteiger partial charge in [-0.05, 0) is 50.1 Å². The number of carbonyl (C=O) groups excluding carboxylic acids is 1. The van der Waals surface area contributed by atoms with Gasteiger partial charge >= 0.3 is 5.69 Å². The predicted octanol–water partition coefficient (Wildman–Crippen LogP) is 5.57. The summed E-state index contributed by atoms with van der Waals surface area (Å²) in [6.07, 6.45) is 1.91. The van der Waals surface area contributed by atoms with E-state index in [1.807, 2.05) is 12.1 Å². The zero-order valence-corrected chi connectivity index (χ0v) is 19.4. The molecule has 174 valence electrons. The number of hydrazone groups is 1. The van der Waals surface area contributed by atoms with E-state index in [0.717, 1.165) is 23.0 Å². The van der Waals surface area contributed by atoms with E-state index in [1.54, 1.807) is 19.1 Å². The molecule has 0 unspecified atom stereocenters. The highest BCUT2D eigenvalue weighted by Crippen LogP contribution is 2.32. The number of benzene rings is 2. The number of rotatable bonds is 6. The first-order valence-electron chi connectivity index (χ1n) is 10.2. The minimum absolute atomic E-state index is 0.0181. The Morgan fingerprint density at radius 3 is 2.50 bits per heavy atom. The zero-order valence-electron chi connectivity index (χ0n) is 17.8. The molecule has 4 rings (SSSR count). The van der Waals surface area contributed by atoms with E-state index >= 15 is 0 Å². The average molecular weight is 528 g/mol. The molecular formula is C22H18BrN5O6. The van der Waals surface area contributed by atoms with Crippen LogP contribution in [0.5, 0.6) is 0 Å². The van der Waals surface area contributed by atoms with Gasteiger partial charge in [0.25, 0.3) is 11.6 Å². The first-order chi connectivity index (χ1) is 16.2. The molecule has 0 bridgehead atoms. The van der Waals surface area contributed by atoms with Crippen molar-refractivity contribution in [3.63, 3.8) is 0 Å². The Bertz CT molecular complexity index is 1330. The lowest BCUT2D eigenvalue weighted by Gasteiger charge is -2.13. The number of fused-ring (bicyclic) bond motifs is 1. The van der Waals surface area contributed by atoms with Crippen molar-refractivity contribution in [1.82, 2.24) is 0 Å². The molecule has 0 fully saturated rings. The van der Waals surface area contributed by atoms with E-state index in [-0.39, 0.29) is 11.4 Å². The molecule has 11 nitrogen and oxygen atoms in total. The molecule has 1 heterocycles. The summed E-state index contributed by atoms with van der Waals surface area (Å²) in [6, 6.07) is 10.4. The second-order valence-electron chi connectivity index (χ2n) is 7.55. The molecule has 1 aliphatic carbocycles. The van der Waals surface area contributed by atoms with Gasteiger partial charge in [-0.25, -0.2) is 0 Å². The molecule has 2 N–H and O–H groups in total. The van der Waals surface area contributed by atoms with Gasteiger partial charge in [0.05, 0.1) is 21.6 Å². The van der Waals surface area contributed by atoms with Gasteiger partial charge in [0, 0.05) is 33.8 Å². The fourth-order valence-corrected chi connectivity index (χ4v) is 3.99. The van der Waals surface area contributed by atoms with Gasteiger partial charge < -0.3 is 9.73 Å². The van der Waals surface area contributed by atoms with E-state index in [9.17, 15) is 25.0 Å². The lowest BCUT2D eigenvalue weighted by Crippen LogP contribution is -2.14. The minimum Gasteiger partial charge on any atom is -0.455 e. The van der Waals surface area contributed by atoms with E-state index < -0.39 is 27.1 Å². The van der Waals surface area contributed by atoms with E-state index in [1.165, 1.54) is 6.07 Å². The molecule has 12 heteroatoms. The van der Waals surface area contributed by atoms with Gasteiger partial charge in [0.2, 0.25) is 0 Å². The Hall–Kier alpha value is -4.06. The maximum atomic E-state index is 12.8. The highest BCUT2D eigenvalue weighted by atomic mass is 79.9. The van der Waals surface area contributed by atoms with Crippen molar-refractivity contribution in [2.45, 2.75) is 26.2 Å². The Labute approximate surface area is 201 Å². The quantitative estimate of drug-likeness (QED) is 0.313. The summed E-state index contributed by atoms with van der Waals surface area (Å²) in [7, 11) is 0. The maximum Gasteiger partial charge on any atom is 0.301 e. The molecule has 0 aliphatic heterocycles. The van der Waals surface area contributed by atoms with Crippen LogP contribution in [-0.4, -0.2) is 21.5 Å². The number of nitrogens with zero attached hydrogens (tertiary/aromatic N) is 3. The van der Waals surface area contributed by atoms with Crippen LogP contribution in [0.1, 0.15) is 40.3 Å². The minimum atomic E-state index is -0.713. The first-order valence-corrected chi connectivity index (χ1v) is 11.0. The van der Waals surface area contributed by atoms with E-state index in [4.69, 9.17) is 4.42 Å². The number of anilines is 2. The van der Waals surface area contributed by atoms with Crippen molar-refractivity contribution in [3.05, 3.63) is 89.8 Å². The number of halogens is 1. The third-order valence-corrected chi connectivity index (χ3v) is 5.86. The molecule has 0 saturated carbocycles. The lowest BCUT2D eigenvalue weighted by atomic mass is 9.93. The van der Waals surface area contributed by atoms with Gasteiger partial charge in [-0.15, -0.1) is 0 Å². The number of aryl methyl sites for hydroxylation is 1. The number of non-ortho nitro benzene ring substituents is 1. The average Bonchev–Trinajstić information content (AvgIpc) is 3.16. The third-order valence-electron chi connectivity index (χ3n) is 5.33. The van der Waals surface area contributed by atoms with Crippen LogP contribution < -0.4 is 10.7 Å². The molecule has 0 atom stereocenters. The van der Waals surface area contributed by atoms with Gasteiger partial charge in [0.1, 0.15) is 11.4 Å². The Balaban J connectivity index is 1.62. The molecule has 0 spiro atoms. The summed E-state index contributed by atoms with van der Waals surface area (Å²) in [5, 5.41) is 29.5. The van der Waals surface area contributed by atoms with Crippen molar-refractivity contribution < 1.29 is 19.1 Å². The first kappa shape index (κ1) is 23.1. The number of carbonyl (C=O) groups is 1. The summed E-state index contributed by atoms with van der Waals surface area (Å²) >= 11 is 3.35.